The van der Waals surface area contributed by atoms with E-state index in [0.29, 0.717) is 27.1 Å². The van der Waals surface area contributed by atoms with E-state index in [1.807, 2.05) is 31.2 Å². The first-order chi connectivity index (χ1) is 13.5. The maximum Gasteiger partial charge on any atom is 0.272 e. The lowest BCUT2D eigenvalue weighted by molar-refractivity contribution is -0.385. The molecule has 0 aliphatic rings. The average molecular weight is 391 g/mol. The third-order valence-electron chi connectivity index (χ3n) is 4.68. The molecular weight excluding hydrogens is 378 g/mol. The second-order valence-electron chi connectivity index (χ2n) is 6.44. The van der Waals surface area contributed by atoms with Crippen molar-refractivity contribution >= 4 is 33.0 Å². The number of hydrogen-bond acceptors (Lipinski definition) is 7. The molecule has 0 saturated heterocycles. The minimum Gasteiger partial charge on any atom is -0.452 e. The Labute approximate surface area is 162 Å². The van der Waals surface area contributed by atoms with Gasteiger partial charge in [-0.2, -0.15) is 9.61 Å². The number of hydrogen-bond donors (Lipinski definition) is 0. The van der Waals surface area contributed by atoms with Crippen LogP contribution in [0.15, 0.2) is 46.9 Å². The van der Waals surface area contributed by atoms with Crippen LogP contribution < -0.4 is 0 Å². The number of benzene rings is 2. The van der Waals surface area contributed by atoms with E-state index >= 15 is 0 Å². The number of fused-ring (bicyclic) bond motifs is 2. The molecule has 0 bridgehead atoms. The Bertz CT molecular complexity index is 1380. The number of nitro groups is 1. The third kappa shape index (κ3) is 2.40. The van der Waals surface area contributed by atoms with Crippen LogP contribution >= 0.6 is 11.3 Å². The van der Waals surface area contributed by atoms with Gasteiger partial charge in [0.25, 0.3) is 5.69 Å². The van der Waals surface area contributed by atoms with Crippen molar-refractivity contribution in [3.8, 4) is 22.2 Å². The zero-order chi connectivity index (χ0) is 19.4. The molecule has 3 aromatic heterocycles. The standard InChI is InChI=1S/C19H13N5O3S/c1-10-9-12(7-8-14(10)24(25)26)18-22-23-17(20-21-19(23)28-18)16-11(2)13-5-3-4-6-15(13)27-16/h3-9H,1-2H3. The van der Waals surface area contributed by atoms with Crippen molar-refractivity contribution in [3.63, 3.8) is 0 Å². The van der Waals surface area contributed by atoms with Crippen LogP contribution in [0.25, 0.3) is 38.1 Å². The largest absolute Gasteiger partial charge is 0.452 e. The van der Waals surface area contributed by atoms with Gasteiger partial charge in [-0.05, 0) is 32.0 Å². The Balaban J connectivity index is 1.64. The van der Waals surface area contributed by atoms with Gasteiger partial charge in [0.15, 0.2) is 5.76 Å². The molecule has 5 aromatic rings. The number of rotatable bonds is 3. The number of nitro benzene ring substituents is 1. The normalized spacial score (nSPS) is 11.5. The average Bonchev–Trinajstić information content (AvgIpc) is 3.34. The van der Waals surface area contributed by atoms with Crippen LogP contribution in [0.3, 0.4) is 0 Å². The highest BCUT2D eigenvalue weighted by Crippen LogP contribution is 2.34. The monoisotopic (exact) mass is 391 g/mol. The SMILES string of the molecule is Cc1cc(-c2nn3c(-c4oc5ccccc5c4C)nnc3s2)ccc1[N+](=O)[O-]. The maximum atomic E-state index is 11.0. The molecule has 9 heteroatoms. The summed E-state index contributed by atoms with van der Waals surface area (Å²) < 4.78 is 7.65. The van der Waals surface area contributed by atoms with E-state index in [9.17, 15) is 10.1 Å². The van der Waals surface area contributed by atoms with E-state index in [1.54, 1.807) is 23.6 Å². The van der Waals surface area contributed by atoms with Crippen molar-refractivity contribution in [2.45, 2.75) is 13.8 Å². The van der Waals surface area contributed by atoms with Gasteiger partial charge in [0.05, 0.1) is 4.92 Å². The van der Waals surface area contributed by atoms with Crippen LogP contribution in [0, 0.1) is 24.0 Å². The summed E-state index contributed by atoms with van der Waals surface area (Å²) in [6, 6.07) is 12.8. The van der Waals surface area contributed by atoms with E-state index in [-0.39, 0.29) is 10.6 Å². The Morgan fingerprint density at radius 2 is 1.96 bits per heavy atom. The first-order valence-electron chi connectivity index (χ1n) is 8.49. The van der Waals surface area contributed by atoms with Gasteiger partial charge in [0.2, 0.25) is 10.8 Å². The van der Waals surface area contributed by atoms with Crippen molar-refractivity contribution in [2.75, 3.05) is 0 Å². The molecular formula is C19H13N5O3S. The van der Waals surface area contributed by atoms with E-state index in [4.69, 9.17) is 4.42 Å². The molecule has 0 spiro atoms. The molecule has 0 N–H and O–H groups in total. The van der Waals surface area contributed by atoms with E-state index in [2.05, 4.69) is 15.3 Å². The zero-order valence-corrected chi connectivity index (χ0v) is 15.7. The molecule has 28 heavy (non-hydrogen) atoms. The van der Waals surface area contributed by atoms with Crippen LogP contribution in [0.4, 0.5) is 5.69 Å². The lowest BCUT2D eigenvalue weighted by Gasteiger charge is -1.99. The second-order valence-corrected chi connectivity index (χ2v) is 7.39. The van der Waals surface area contributed by atoms with Crippen molar-refractivity contribution < 1.29 is 9.34 Å². The number of para-hydroxylation sites is 1. The van der Waals surface area contributed by atoms with Gasteiger partial charge >= 0.3 is 0 Å². The molecule has 0 amide bonds. The second kappa shape index (κ2) is 5.96. The predicted molar refractivity (Wildman–Crippen MR) is 105 cm³/mol. The van der Waals surface area contributed by atoms with Gasteiger partial charge in [0, 0.05) is 28.1 Å². The quantitative estimate of drug-likeness (QED) is 0.324. The summed E-state index contributed by atoms with van der Waals surface area (Å²) in [5.74, 6) is 1.16. The van der Waals surface area contributed by atoms with Gasteiger partial charge in [-0.3, -0.25) is 10.1 Å². The molecule has 0 aliphatic carbocycles. The molecule has 138 valence electrons. The van der Waals surface area contributed by atoms with Crippen LogP contribution in [0.5, 0.6) is 0 Å². The minimum absolute atomic E-state index is 0.0883. The molecule has 0 saturated carbocycles. The van der Waals surface area contributed by atoms with Crippen LogP contribution in [-0.2, 0) is 0 Å². The van der Waals surface area contributed by atoms with Crippen molar-refractivity contribution in [2.24, 2.45) is 0 Å². The Kier molecular flexibility index (Phi) is 3.53. The highest BCUT2D eigenvalue weighted by atomic mass is 32.1. The molecule has 0 radical (unpaired) electrons. The molecule has 2 aromatic carbocycles. The summed E-state index contributed by atoms with van der Waals surface area (Å²) in [6.07, 6.45) is 0. The Morgan fingerprint density at radius 1 is 1.14 bits per heavy atom. The van der Waals surface area contributed by atoms with Gasteiger partial charge < -0.3 is 4.42 Å². The third-order valence-corrected chi connectivity index (χ3v) is 5.63. The Morgan fingerprint density at radius 3 is 2.71 bits per heavy atom. The fourth-order valence-electron chi connectivity index (χ4n) is 3.26. The predicted octanol–water partition coefficient (Wildman–Crippen LogP) is 4.79. The number of aryl methyl sites for hydroxylation is 2. The lowest BCUT2D eigenvalue weighted by atomic mass is 10.1. The molecule has 0 atom stereocenters. The van der Waals surface area contributed by atoms with Crippen molar-refractivity contribution in [1.82, 2.24) is 19.8 Å². The van der Waals surface area contributed by atoms with E-state index < -0.39 is 0 Å². The van der Waals surface area contributed by atoms with Gasteiger partial charge in [0.1, 0.15) is 10.6 Å². The van der Waals surface area contributed by atoms with Gasteiger partial charge in [-0.25, -0.2) is 0 Å². The number of furan rings is 1. The molecule has 3 heterocycles. The smallest absolute Gasteiger partial charge is 0.272 e. The fraction of sp³-hybridized carbons (Fsp3) is 0.105. The Hall–Kier alpha value is -3.59. The molecule has 5 rings (SSSR count). The topological polar surface area (TPSA) is 99.4 Å². The van der Waals surface area contributed by atoms with Crippen LogP contribution in [-0.4, -0.2) is 24.7 Å². The molecule has 0 aliphatic heterocycles. The van der Waals surface area contributed by atoms with E-state index in [1.165, 1.54) is 17.4 Å². The van der Waals surface area contributed by atoms with Crippen molar-refractivity contribution in [3.05, 3.63) is 63.7 Å². The number of aromatic nitrogens is 4. The van der Waals surface area contributed by atoms with Crippen molar-refractivity contribution in [1.29, 1.82) is 0 Å². The highest BCUT2D eigenvalue weighted by Gasteiger charge is 2.21. The van der Waals surface area contributed by atoms with Gasteiger partial charge in [-0.15, -0.1) is 10.2 Å². The zero-order valence-electron chi connectivity index (χ0n) is 14.9. The summed E-state index contributed by atoms with van der Waals surface area (Å²) in [5.41, 5.74) is 3.23. The summed E-state index contributed by atoms with van der Waals surface area (Å²) in [4.78, 5) is 11.3. The summed E-state index contributed by atoms with van der Waals surface area (Å²) in [5, 5.41) is 25.9. The maximum absolute atomic E-state index is 11.0. The first kappa shape index (κ1) is 16.6. The molecule has 0 fully saturated rings. The highest BCUT2D eigenvalue weighted by molar-refractivity contribution is 7.19. The van der Waals surface area contributed by atoms with Gasteiger partial charge in [-0.1, -0.05) is 29.5 Å². The van der Waals surface area contributed by atoms with Crippen LogP contribution in [0.2, 0.25) is 0 Å². The molecule has 0 unspecified atom stereocenters. The van der Waals surface area contributed by atoms with E-state index in [0.717, 1.165) is 22.1 Å². The summed E-state index contributed by atoms with van der Waals surface area (Å²) in [7, 11) is 0. The minimum atomic E-state index is -0.389. The summed E-state index contributed by atoms with van der Waals surface area (Å²) in [6.45, 7) is 3.69. The summed E-state index contributed by atoms with van der Waals surface area (Å²) >= 11 is 1.37. The lowest BCUT2D eigenvalue weighted by Crippen LogP contribution is -1.93. The number of nitrogens with zero attached hydrogens (tertiary/aromatic N) is 5. The fourth-order valence-corrected chi connectivity index (χ4v) is 4.09. The molecule has 8 nitrogen and oxygen atoms in total. The van der Waals surface area contributed by atoms with Crippen LogP contribution in [0.1, 0.15) is 11.1 Å². The first-order valence-corrected chi connectivity index (χ1v) is 9.31.